The van der Waals surface area contributed by atoms with Crippen molar-refractivity contribution in [1.82, 2.24) is 36.0 Å². The summed E-state index contributed by atoms with van der Waals surface area (Å²) in [6.07, 6.45) is -1.13. The summed E-state index contributed by atoms with van der Waals surface area (Å²) < 4.78 is 83.4. The molecule has 0 unspecified atom stereocenters. The number of hydrogen-bond donors (Lipinski definition) is 10. The van der Waals surface area contributed by atoms with E-state index in [1.165, 1.54) is 13.8 Å². The SMILES string of the molecule is Cc1c(C)c(S(=O)(=O)NC(N)=NCCC[C@H](NC(=O)[C@H](C)NC(=O)[C@H](CC(=O)OC(C)(C)C)NC(=O)[C@H](C)NC(=O)[C@H](CCCN=C(N)NS(=O)(=O)c2c(C)c(C)c3c(c2C)CC(C)(C)O3)NC(=O)OCC2c3ccccc3-c3ccccc32)C(=O)O)c(C)c2c1OC(C)(C)C2. The number of carbonyl (C=O) groups is 7. The van der Waals surface area contributed by atoms with E-state index in [9.17, 15) is 55.5 Å². The Morgan fingerprint density at radius 2 is 1.00 bits per heavy atom. The summed E-state index contributed by atoms with van der Waals surface area (Å²) in [7, 11) is -8.51. The first-order chi connectivity index (χ1) is 44.6. The second-order valence-corrected chi connectivity index (χ2v) is 30.1. The molecule has 7 rings (SSSR count). The normalized spacial score (nSPS) is 16.3. The standard InChI is InChI=1S/C67H91N11O16S2/c1-34-36(3)55(38(5)46-31-66(12,13)93-53(34)46)95(87,88)77-62(68)70-28-20-26-49(76-64(86)91-33-48-44-24-18-16-22-42(44)43-23-17-19-25-45(43)48)59(82)72-41(8)58(81)75-51(30-52(79)92-65(9,10)11)60(83)73-40(7)57(80)74-50(61(84)85)27-21-29-71-63(69)78-96(89,90)56-37(4)35(2)54-47(39(56)6)32-67(14,15)94-54/h16-19,22-25,40-41,48-51H,20-21,26-33H2,1-15H3,(H,72,82)(H,73,83)(H,74,80)(H,75,81)(H,76,86)(H,84,85)(H3,68,70,77)(H3,69,71,78)/t40-,41-,49-,50-,51-/m0/s1. The lowest BCUT2D eigenvalue weighted by atomic mass is 9.94. The second-order valence-electron chi connectivity index (χ2n) is 26.9. The van der Waals surface area contributed by atoms with Crippen molar-refractivity contribution in [2.75, 3.05) is 19.7 Å². The number of carboxylic acid groups (broad SMARTS) is 1. The Hall–Kier alpha value is -8.99. The number of aliphatic imine (C=N–C) groups is 2. The van der Waals surface area contributed by atoms with Crippen LogP contribution < -0.4 is 57.0 Å². The van der Waals surface area contributed by atoms with Crippen LogP contribution in [0.15, 0.2) is 68.3 Å². The zero-order chi connectivity index (χ0) is 71.3. The molecule has 5 amide bonds. The molecule has 0 bridgehead atoms. The highest BCUT2D eigenvalue weighted by atomic mass is 32.2. The fourth-order valence-corrected chi connectivity index (χ4v) is 15.2. The van der Waals surface area contributed by atoms with Crippen LogP contribution in [-0.2, 0) is 71.1 Å². The molecule has 3 aliphatic rings. The Balaban J connectivity index is 0.990. The molecule has 27 nitrogen and oxygen atoms in total. The van der Waals surface area contributed by atoms with Gasteiger partial charge in [0.25, 0.3) is 20.0 Å². The van der Waals surface area contributed by atoms with Crippen molar-refractivity contribution in [3.8, 4) is 22.6 Å². The number of sulfonamides is 2. The lowest BCUT2D eigenvalue weighted by Gasteiger charge is -2.26. The Morgan fingerprint density at radius 1 is 0.594 bits per heavy atom. The number of guanidine groups is 2. The van der Waals surface area contributed by atoms with Gasteiger partial charge < -0.3 is 62.1 Å². The molecule has 0 spiro atoms. The lowest BCUT2D eigenvalue weighted by molar-refractivity contribution is -0.156. The number of carboxylic acids is 1. The minimum absolute atomic E-state index is 0.00429. The van der Waals surface area contributed by atoms with E-state index in [2.05, 4.69) is 46.0 Å². The van der Waals surface area contributed by atoms with Gasteiger partial charge in [0.2, 0.25) is 35.5 Å². The van der Waals surface area contributed by atoms with Gasteiger partial charge in [-0.1, -0.05) is 48.5 Å². The largest absolute Gasteiger partial charge is 0.487 e. The Kier molecular flexibility index (Phi) is 22.9. The molecule has 2 heterocycles. The quantitative estimate of drug-likeness (QED) is 0.0169. The van der Waals surface area contributed by atoms with Crippen molar-refractivity contribution in [2.24, 2.45) is 21.5 Å². The van der Waals surface area contributed by atoms with Gasteiger partial charge in [-0.05, 0) is 185 Å². The second kappa shape index (κ2) is 29.6. The zero-order valence-electron chi connectivity index (χ0n) is 57.1. The topological polar surface area (TPSA) is 406 Å². The molecule has 522 valence electrons. The van der Waals surface area contributed by atoms with Crippen LogP contribution in [0.3, 0.4) is 0 Å². The molecule has 0 saturated heterocycles. The summed E-state index contributed by atoms with van der Waals surface area (Å²) in [4.78, 5) is 104. The van der Waals surface area contributed by atoms with Gasteiger partial charge in [0.1, 0.15) is 65.1 Å². The fourth-order valence-electron chi connectivity index (χ4n) is 12.1. The number of carbonyl (C=O) groups excluding carboxylic acids is 6. The summed E-state index contributed by atoms with van der Waals surface area (Å²) >= 11 is 0. The van der Waals surface area contributed by atoms with E-state index in [4.69, 9.17) is 30.4 Å². The number of amides is 5. The van der Waals surface area contributed by atoms with Gasteiger partial charge in [0, 0.05) is 43.0 Å². The number of nitrogens with one attached hydrogen (secondary N) is 7. The molecule has 12 N–H and O–H groups in total. The smallest absolute Gasteiger partial charge is 0.407 e. The average molecular weight is 1370 g/mol. The molecule has 29 heteroatoms. The van der Waals surface area contributed by atoms with Gasteiger partial charge in [0.05, 0.1) is 16.2 Å². The minimum atomic E-state index is -4.27. The van der Waals surface area contributed by atoms with Gasteiger partial charge >= 0.3 is 18.0 Å². The van der Waals surface area contributed by atoms with Gasteiger partial charge in [-0.25, -0.2) is 35.9 Å². The molecule has 96 heavy (non-hydrogen) atoms. The van der Waals surface area contributed by atoms with Crippen LogP contribution in [0.4, 0.5) is 4.79 Å². The molecular weight excluding hydrogens is 1280 g/mol. The summed E-state index contributed by atoms with van der Waals surface area (Å²) in [6, 6.07) is 7.74. The first-order valence-electron chi connectivity index (χ1n) is 31.7. The van der Waals surface area contributed by atoms with Crippen LogP contribution in [0.2, 0.25) is 0 Å². The van der Waals surface area contributed by atoms with Crippen LogP contribution in [0.1, 0.15) is 156 Å². The first kappa shape index (κ1) is 74.4. The predicted molar refractivity (Wildman–Crippen MR) is 359 cm³/mol. The summed E-state index contributed by atoms with van der Waals surface area (Å²) in [5, 5.41) is 22.4. The third-order valence-corrected chi connectivity index (χ3v) is 20.2. The van der Waals surface area contributed by atoms with Crippen molar-refractivity contribution in [3.63, 3.8) is 0 Å². The maximum absolute atomic E-state index is 14.3. The minimum Gasteiger partial charge on any atom is -0.487 e. The van der Waals surface area contributed by atoms with Gasteiger partial charge in [-0.3, -0.25) is 34.0 Å². The number of alkyl carbamates (subject to hydrolysis) is 1. The molecule has 0 radical (unpaired) electrons. The molecule has 0 saturated carbocycles. The Labute approximate surface area is 560 Å². The highest BCUT2D eigenvalue weighted by Crippen LogP contribution is 2.47. The van der Waals surface area contributed by atoms with Crippen molar-refractivity contribution in [2.45, 2.75) is 212 Å². The van der Waals surface area contributed by atoms with E-state index < -0.39 is 127 Å². The number of benzene rings is 4. The van der Waals surface area contributed by atoms with Crippen LogP contribution in [-0.4, -0.2) is 142 Å². The van der Waals surface area contributed by atoms with Gasteiger partial charge in [0.15, 0.2) is 0 Å². The highest BCUT2D eigenvalue weighted by molar-refractivity contribution is 7.90. The van der Waals surface area contributed by atoms with E-state index in [-0.39, 0.29) is 61.1 Å². The molecule has 5 atom stereocenters. The third kappa shape index (κ3) is 17.9. The molecule has 0 fully saturated rings. The number of nitrogens with two attached hydrogens (primary N) is 2. The van der Waals surface area contributed by atoms with E-state index in [0.717, 1.165) is 33.4 Å². The number of esters is 1. The van der Waals surface area contributed by atoms with Gasteiger partial charge in [-0.15, -0.1) is 0 Å². The number of ether oxygens (including phenoxy) is 4. The molecule has 1 aliphatic carbocycles. The molecule has 0 aromatic heterocycles. The third-order valence-electron chi connectivity index (χ3n) is 17.0. The molecule has 2 aliphatic heterocycles. The van der Waals surface area contributed by atoms with Crippen molar-refractivity contribution in [1.29, 1.82) is 0 Å². The summed E-state index contributed by atoms with van der Waals surface area (Å²) in [5.74, 6) is -6.27. The van der Waals surface area contributed by atoms with E-state index in [1.54, 1.807) is 62.3 Å². The number of nitrogens with zero attached hydrogens (tertiary/aromatic N) is 2. The zero-order valence-corrected chi connectivity index (χ0v) is 58.7. The lowest BCUT2D eigenvalue weighted by Crippen LogP contribution is -2.58. The Morgan fingerprint density at radius 3 is 1.43 bits per heavy atom. The van der Waals surface area contributed by atoms with Crippen molar-refractivity contribution < 1.29 is 74.5 Å². The monoisotopic (exact) mass is 1370 g/mol. The van der Waals surface area contributed by atoms with Crippen LogP contribution >= 0.6 is 0 Å². The molecule has 4 aromatic rings. The number of hydrogen-bond acceptors (Lipinski definition) is 17. The number of aliphatic carboxylic acids is 1. The maximum Gasteiger partial charge on any atom is 0.407 e. The van der Waals surface area contributed by atoms with E-state index in [1.807, 2.05) is 76.2 Å². The molecule has 4 aromatic carbocycles. The fraction of sp³-hybridized carbons (Fsp3) is 0.507. The number of fused-ring (bicyclic) bond motifs is 5. The van der Waals surface area contributed by atoms with E-state index in [0.29, 0.717) is 57.7 Å². The van der Waals surface area contributed by atoms with Crippen LogP contribution in [0.5, 0.6) is 11.5 Å². The van der Waals surface area contributed by atoms with Crippen LogP contribution in [0, 0.1) is 41.5 Å². The van der Waals surface area contributed by atoms with Gasteiger partial charge in [-0.2, -0.15) is 0 Å². The average Bonchev–Trinajstić information content (AvgIpc) is 1.50. The van der Waals surface area contributed by atoms with Crippen LogP contribution in [0.25, 0.3) is 11.1 Å². The highest BCUT2D eigenvalue weighted by Gasteiger charge is 2.40. The summed E-state index contributed by atoms with van der Waals surface area (Å²) in [5.41, 5.74) is 18.8. The first-order valence-corrected chi connectivity index (χ1v) is 34.7. The maximum atomic E-state index is 14.3. The molecular formula is C67H91N11O16S2. The van der Waals surface area contributed by atoms with E-state index >= 15 is 0 Å². The Bertz CT molecular complexity index is 3980. The van der Waals surface area contributed by atoms with Crippen molar-refractivity contribution in [3.05, 3.63) is 104 Å². The summed E-state index contributed by atoms with van der Waals surface area (Å²) in [6.45, 7) is 24.8. The predicted octanol–water partition coefficient (Wildman–Crippen LogP) is 5.11. The van der Waals surface area contributed by atoms with Crippen molar-refractivity contribution >= 4 is 73.6 Å². The number of rotatable bonds is 26.